The Morgan fingerprint density at radius 3 is 2.86 bits per heavy atom. The second-order valence-electron chi connectivity index (χ2n) is 6.74. The summed E-state index contributed by atoms with van der Waals surface area (Å²) in [6, 6.07) is 8.66. The van der Waals surface area contributed by atoms with Crippen molar-refractivity contribution in [1.82, 2.24) is 24.1 Å². The van der Waals surface area contributed by atoms with Crippen LogP contribution in [0.25, 0.3) is 17.2 Å². The molecule has 4 rings (SSSR count). The van der Waals surface area contributed by atoms with Crippen LogP contribution in [-0.2, 0) is 12.3 Å². The number of thioether (sulfide) groups is 1. The first-order chi connectivity index (χ1) is 13.5. The molecular formula is C19H18ClN5O2S. The molecule has 0 radical (unpaired) electrons. The van der Waals surface area contributed by atoms with Gasteiger partial charge in [0.2, 0.25) is 0 Å². The van der Waals surface area contributed by atoms with Crippen molar-refractivity contribution in [2.45, 2.75) is 31.3 Å². The van der Waals surface area contributed by atoms with E-state index in [0.29, 0.717) is 39.6 Å². The van der Waals surface area contributed by atoms with Crippen LogP contribution in [0.5, 0.6) is 0 Å². The highest BCUT2D eigenvalue weighted by Gasteiger charge is 2.17. The van der Waals surface area contributed by atoms with Gasteiger partial charge in [-0.25, -0.2) is 4.98 Å². The van der Waals surface area contributed by atoms with Gasteiger partial charge >= 0.3 is 0 Å². The largest absolute Gasteiger partial charge is 0.461 e. The number of furan rings is 1. The minimum Gasteiger partial charge on any atom is -0.461 e. The third-order valence-electron chi connectivity index (χ3n) is 4.03. The molecule has 0 saturated carbocycles. The smallest absolute Gasteiger partial charge is 0.258 e. The SMILES string of the molecule is CC(C)Cn1c(SCc2cc(=O)n3cc(Cl)ccc3n2)nnc1-c1ccco1. The number of fused-ring (bicyclic) bond motifs is 1. The van der Waals surface area contributed by atoms with Crippen LogP contribution < -0.4 is 5.56 Å². The first-order valence-electron chi connectivity index (χ1n) is 8.79. The van der Waals surface area contributed by atoms with Gasteiger partial charge in [-0.05, 0) is 30.2 Å². The molecule has 0 saturated heterocycles. The van der Waals surface area contributed by atoms with E-state index in [1.807, 2.05) is 16.7 Å². The van der Waals surface area contributed by atoms with Gasteiger partial charge in [0, 0.05) is 24.6 Å². The molecule has 28 heavy (non-hydrogen) atoms. The Morgan fingerprint density at radius 1 is 1.25 bits per heavy atom. The molecule has 0 unspecified atom stereocenters. The first kappa shape index (κ1) is 18.8. The predicted octanol–water partition coefficient (Wildman–Crippen LogP) is 4.15. The fourth-order valence-corrected chi connectivity index (χ4v) is 3.85. The highest BCUT2D eigenvalue weighted by Crippen LogP contribution is 2.27. The van der Waals surface area contributed by atoms with Crippen molar-refractivity contribution in [2.75, 3.05) is 0 Å². The van der Waals surface area contributed by atoms with Crippen molar-refractivity contribution in [3.05, 3.63) is 63.9 Å². The third-order valence-corrected chi connectivity index (χ3v) is 5.26. The second-order valence-corrected chi connectivity index (χ2v) is 8.12. The average molecular weight is 416 g/mol. The van der Waals surface area contributed by atoms with Gasteiger partial charge in [0.25, 0.3) is 5.56 Å². The lowest BCUT2D eigenvalue weighted by molar-refractivity contribution is 0.489. The molecule has 0 aliphatic rings. The van der Waals surface area contributed by atoms with E-state index in [-0.39, 0.29) is 5.56 Å². The summed E-state index contributed by atoms with van der Waals surface area (Å²) in [6.07, 6.45) is 3.19. The molecule has 4 aromatic heterocycles. The summed E-state index contributed by atoms with van der Waals surface area (Å²) < 4.78 is 8.97. The Morgan fingerprint density at radius 2 is 2.11 bits per heavy atom. The summed E-state index contributed by atoms with van der Waals surface area (Å²) in [5.74, 6) is 2.29. The van der Waals surface area contributed by atoms with Crippen LogP contribution >= 0.6 is 23.4 Å². The number of aromatic nitrogens is 5. The molecule has 4 heterocycles. The normalized spacial score (nSPS) is 11.6. The lowest BCUT2D eigenvalue weighted by Crippen LogP contribution is -2.15. The number of hydrogen-bond donors (Lipinski definition) is 0. The Balaban J connectivity index is 1.62. The molecule has 0 spiro atoms. The Hall–Kier alpha value is -2.58. The average Bonchev–Trinajstić information content (AvgIpc) is 3.30. The minimum absolute atomic E-state index is 0.164. The zero-order chi connectivity index (χ0) is 19.7. The molecule has 0 aromatic carbocycles. The van der Waals surface area contributed by atoms with Gasteiger partial charge in [0.05, 0.1) is 17.0 Å². The number of hydrogen-bond acceptors (Lipinski definition) is 6. The number of nitrogens with zero attached hydrogens (tertiary/aromatic N) is 5. The Kier molecular flexibility index (Phi) is 5.23. The van der Waals surface area contributed by atoms with Gasteiger partial charge in [-0.3, -0.25) is 13.8 Å². The molecular weight excluding hydrogens is 398 g/mol. The van der Waals surface area contributed by atoms with E-state index in [9.17, 15) is 4.79 Å². The van der Waals surface area contributed by atoms with E-state index in [1.54, 1.807) is 24.6 Å². The Bertz CT molecular complexity index is 1170. The van der Waals surface area contributed by atoms with Gasteiger partial charge in [-0.15, -0.1) is 10.2 Å². The second kappa shape index (κ2) is 7.81. The van der Waals surface area contributed by atoms with E-state index in [4.69, 9.17) is 16.0 Å². The third kappa shape index (κ3) is 3.83. The van der Waals surface area contributed by atoms with Crippen LogP contribution in [-0.4, -0.2) is 24.1 Å². The monoisotopic (exact) mass is 415 g/mol. The summed E-state index contributed by atoms with van der Waals surface area (Å²) in [7, 11) is 0. The van der Waals surface area contributed by atoms with E-state index >= 15 is 0 Å². The highest BCUT2D eigenvalue weighted by molar-refractivity contribution is 7.98. The minimum atomic E-state index is -0.164. The highest BCUT2D eigenvalue weighted by atomic mass is 35.5. The van der Waals surface area contributed by atoms with Crippen LogP contribution in [0.4, 0.5) is 0 Å². The zero-order valence-electron chi connectivity index (χ0n) is 15.4. The lowest BCUT2D eigenvalue weighted by atomic mass is 10.2. The van der Waals surface area contributed by atoms with Gasteiger partial charge in [0.15, 0.2) is 16.7 Å². The van der Waals surface area contributed by atoms with Crippen molar-refractivity contribution in [2.24, 2.45) is 5.92 Å². The first-order valence-corrected chi connectivity index (χ1v) is 10.2. The maximum atomic E-state index is 12.3. The number of pyridine rings is 1. The number of rotatable bonds is 6. The maximum absolute atomic E-state index is 12.3. The predicted molar refractivity (Wildman–Crippen MR) is 109 cm³/mol. The lowest BCUT2D eigenvalue weighted by Gasteiger charge is -2.11. The summed E-state index contributed by atoms with van der Waals surface area (Å²) in [5, 5.41) is 9.88. The fourth-order valence-electron chi connectivity index (χ4n) is 2.85. The van der Waals surface area contributed by atoms with Crippen LogP contribution in [0, 0.1) is 5.92 Å². The quantitative estimate of drug-likeness (QED) is 0.440. The molecule has 0 N–H and O–H groups in total. The Labute approximate surface area is 170 Å². The molecule has 0 amide bonds. The van der Waals surface area contributed by atoms with Crippen molar-refractivity contribution >= 4 is 29.0 Å². The summed E-state index contributed by atoms with van der Waals surface area (Å²) >= 11 is 7.45. The van der Waals surface area contributed by atoms with Gasteiger partial charge in [-0.2, -0.15) is 0 Å². The van der Waals surface area contributed by atoms with Gasteiger partial charge in [0.1, 0.15) is 5.65 Å². The van der Waals surface area contributed by atoms with E-state index in [2.05, 4.69) is 29.0 Å². The van der Waals surface area contributed by atoms with Crippen LogP contribution in [0.3, 0.4) is 0 Å². The van der Waals surface area contributed by atoms with E-state index in [1.165, 1.54) is 22.2 Å². The van der Waals surface area contributed by atoms with Crippen LogP contribution in [0.1, 0.15) is 19.5 Å². The fraction of sp³-hybridized carbons (Fsp3) is 0.263. The summed E-state index contributed by atoms with van der Waals surface area (Å²) in [5.41, 5.74) is 1.08. The summed E-state index contributed by atoms with van der Waals surface area (Å²) in [4.78, 5) is 16.9. The molecule has 0 aliphatic carbocycles. The van der Waals surface area contributed by atoms with Crippen molar-refractivity contribution in [1.29, 1.82) is 0 Å². The topological polar surface area (TPSA) is 78.2 Å². The van der Waals surface area contributed by atoms with E-state index < -0.39 is 0 Å². The maximum Gasteiger partial charge on any atom is 0.258 e. The molecule has 4 aromatic rings. The molecule has 7 nitrogen and oxygen atoms in total. The van der Waals surface area contributed by atoms with Crippen molar-refractivity contribution in [3.8, 4) is 11.6 Å². The molecule has 0 atom stereocenters. The van der Waals surface area contributed by atoms with Crippen LogP contribution in [0.15, 0.2) is 57.2 Å². The van der Waals surface area contributed by atoms with Gasteiger partial charge < -0.3 is 4.42 Å². The molecule has 0 aliphatic heterocycles. The van der Waals surface area contributed by atoms with Crippen molar-refractivity contribution in [3.63, 3.8) is 0 Å². The van der Waals surface area contributed by atoms with Crippen molar-refractivity contribution < 1.29 is 4.42 Å². The molecule has 9 heteroatoms. The molecule has 0 fully saturated rings. The summed E-state index contributed by atoms with van der Waals surface area (Å²) in [6.45, 7) is 5.03. The van der Waals surface area contributed by atoms with E-state index in [0.717, 1.165) is 11.7 Å². The molecule has 144 valence electrons. The zero-order valence-corrected chi connectivity index (χ0v) is 16.9. The van der Waals surface area contributed by atoms with Crippen LogP contribution in [0.2, 0.25) is 5.02 Å². The molecule has 0 bridgehead atoms. The standard InChI is InChI=1S/C19H18ClN5O2S/c1-12(2)9-25-18(15-4-3-7-27-15)22-23-19(25)28-11-14-8-17(26)24-10-13(20)5-6-16(24)21-14/h3-8,10,12H,9,11H2,1-2H3. The number of halogens is 1. The van der Waals surface area contributed by atoms with Gasteiger partial charge in [-0.1, -0.05) is 37.2 Å².